The highest BCUT2D eigenvalue weighted by Crippen LogP contribution is 2.25. The van der Waals surface area contributed by atoms with Crippen LogP contribution in [0.15, 0.2) is 18.2 Å². The quantitative estimate of drug-likeness (QED) is 0.645. The molecule has 1 aliphatic rings. The minimum atomic E-state index is -0.343. The molecule has 116 valence electrons. The molecule has 0 unspecified atom stereocenters. The average molecular weight is 293 g/mol. The van der Waals surface area contributed by atoms with Gasteiger partial charge in [-0.15, -0.1) is 0 Å². The van der Waals surface area contributed by atoms with Crippen molar-refractivity contribution in [2.45, 2.75) is 32.4 Å². The molecule has 0 atom stereocenters. The monoisotopic (exact) mass is 293 g/mol. The first kappa shape index (κ1) is 15.7. The number of nitrogens with one attached hydrogen (secondary N) is 1. The predicted octanol–water partition coefficient (Wildman–Crippen LogP) is 2.64. The topological polar surface area (TPSA) is 67.6 Å². The lowest BCUT2D eigenvalue weighted by molar-refractivity contribution is -0.384. The Morgan fingerprint density at radius 1 is 1.43 bits per heavy atom. The van der Waals surface area contributed by atoms with Crippen molar-refractivity contribution in [3.63, 3.8) is 0 Å². The molecule has 1 fully saturated rings. The van der Waals surface area contributed by atoms with Gasteiger partial charge in [0, 0.05) is 51.1 Å². The minimum absolute atomic E-state index is 0.146. The third-order valence-corrected chi connectivity index (χ3v) is 3.90. The second-order valence-electron chi connectivity index (χ2n) is 5.28. The minimum Gasteiger partial charge on any atom is -0.388 e. The number of benzene rings is 1. The summed E-state index contributed by atoms with van der Waals surface area (Å²) in [7, 11) is 1.84. The molecular formula is C15H23N3O3. The standard InChI is InChI=1S/C15H23N3O3/c1-3-21-14-6-8-17(9-7-14)11-12-10-13(18(19)20)4-5-15(12)16-2/h4-5,10,14,16H,3,6-9,11H2,1-2H3. The maximum absolute atomic E-state index is 10.9. The summed E-state index contributed by atoms with van der Waals surface area (Å²) in [5, 5.41) is 14.0. The van der Waals surface area contributed by atoms with E-state index in [2.05, 4.69) is 10.2 Å². The number of anilines is 1. The van der Waals surface area contributed by atoms with E-state index < -0.39 is 0 Å². The van der Waals surface area contributed by atoms with Crippen LogP contribution in [0.2, 0.25) is 0 Å². The summed E-state index contributed by atoms with van der Waals surface area (Å²) in [4.78, 5) is 12.9. The van der Waals surface area contributed by atoms with Crippen LogP contribution in [-0.2, 0) is 11.3 Å². The number of hydrogen-bond acceptors (Lipinski definition) is 5. The zero-order chi connectivity index (χ0) is 15.2. The number of non-ortho nitro benzene ring substituents is 1. The van der Waals surface area contributed by atoms with E-state index in [-0.39, 0.29) is 10.6 Å². The van der Waals surface area contributed by atoms with Gasteiger partial charge in [-0.3, -0.25) is 15.0 Å². The fraction of sp³-hybridized carbons (Fsp3) is 0.600. The largest absolute Gasteiger partial charge is 0.388 e. The summed E-state index contributed by atoms with van der Waals surface area (Å²) in [6.07, 6.45) is 2.41. The average Bonchev–Trinajstić information content (AvgIpc) is 2.49. The van der Waals surface area contributed by atoms with Gasteiger partial charge in [0.2, 0.25) is 0 Å². The summed E-state index contributed by atoms with van der Waals surface area (Å²) >= 11 is 0. The number of likely N-dealkylation sites (tertiary alicyclic amines) is 1. The lowest BCUT2D eigenvalue weighted by Gasteiger charge is -2.32. The van der Waals surface area contributed by atoms with Gasteiger partial charge in [0.1, 0.15) is 0 Å². The summed E-state index contributed by atoms with van der Waals surface area (Å²) in [6, 6.07) is 4.98. The molecule has 1 N–H and O–H groups in total. The molecule has 0 spiro atoms. The Labute approximate surface area is 125 Å². The lowest BCUT2D eigenvalue weighted by atomic mass is 10.1. The molecular weight excluding hydrogens is 270 g/mol. The number of rotatable bonds is 6. The second-order valence-corrected chi connectivity index (χ2v) is 5.28. The Hall–Kier alpha value is -1.66. The lowest BCUT2D eigenvalue weighted by Crippen LogP contribution is -2.36. The van der Waals surface area contributed by atoms with Crippen LogP contribution in [-0.4, -0.2) is 42.7 Å². The van der Waals surface area contributed by atoms with Crippen molar-refractivity contribution in [3.05, 3.63) is 33.9 Å². The molecule has 6 heteroatoms. The van der Waals surface area contributed by atoms with E-state index in [9.17, 15) is 10.1 Å². The molecule has 6 nitrogen and oxygen atoms in total. The van der Waals surface area contributed by atoms with Crippen LogP contribution >= 0.6 is 0 Å². The third kappa shape index (κ3) is 4.15. The first-order valence-corrected chi connectivity index (χ1v) is 7.43. The molecule has 21 heavy (non-hydrogen) atoms. The van der Waals surface area contributed by atoms with E-state index in [1.807, 2.05) is 14.0 Å². The number of nitro groups is 1. The third-order valence-electron chi connectivity index (χ3n) is 3.90. The van der Waals surface area contributed by atoms with E-state index in [0.29, 0.717) is 6.10 Å². The molecule has 1 aromatic carbocycles. The molecule has 0 bridgehead atoms. The van der Waals surface area contributed by atoms with Crippen molar-refractivity contribution in [2.75, 3.05) is 32.1 Å². The Morgan fingerprint density at radius 3 is 2.71 bits per heavy atom. The highest BCUT2D eigenvalue weighted by molar-refractivity contribution is 5.55. The molecule has 1 saturated heterocycles. The van der Waals surface area contributed by atoms with Gasteiger partial charge in [0.25, 0.3) is 5.69 Å². The summed E-state index contributed by atoms with van der Waals surface area (Å²) in [6.45, 7) is 5.46. The molecule has 2 rings (SSSR count). The van der Waals surface area contributed by atoms with Crippen LogP contribution in [0.5, 0.6) is 0 Å². The number of hydrogen-bond donors (Lipinski definition) is 1. The Kier molecular flexibility index (Phi) is 5.52. The maximum atomic E-state index is 10.9. The van der Waals surface area contributed by atoms with Crippen LogP contribution in [0.1, 0.15) is 25.3 Å². The number of nitro benzene ring substituents is 1. The molecule has 0 saturated carbocycles. The zero-order valence-electron chi connectivity index (χ0n) is 12.7. The van der Waals surface area contributed by atoms with Crippen LogP contribution in [0, 0.1) is 10.1 Å². The maximum Gasteiger partial charge on any atom is 0.269 e. The molecule has 0 aromatic heterocycles. The Morgan fingerprint density at radius 2 is 2.14 bits per heavy atom. The fourth-order valence-electron chi connectivity index (χ4n) is 2.78. The highest BCUT2D eigenvalue weighted by atomic mass is 16.6. The van der Waals surface area contributed by atoms with Gasteiger partial charge >= 0.3 is 0 Å². The van der Waals surface area contributed by atoms with Gasteiger partial charge in [-0.05, 0) is 31.4 Å². The fourth-order valence-corrected chi connectivity index (χ4v) is 2.78. The van der Waals surface area contributed by atoms with Gasteiger partial charge in [0.15, 0.2) is 0 Å². The molecule has 1 heterocycles. The van der Waals surface area contributed by atoms with Gasteiger partial charge in [-0.25, -0.2) is 0 Å². The second kappa shape index (κ2) is 7.38. The predicted molar refractivity (Wildman–Crippen MR) is 82.6 cm³/mol. The van der Waals surface area contributed by atoms with Gasteiger partial charge in [0.05, 0.1) is 11.0 Å². The zero-order valence-corrected chi connectivity index (χ0v) is 12.7. The van der Waals surface area contributed by atoms with Crippen molar-refractivity contribution in [2.24, 2.45) is 0 Å². The Balaban J connectivity index is 2.02. The normalized spacial score (nSPS) is 16.9. The van der Waals surface area contributed by atoms with Crippen LogP contribution in [0.3, 0.4) is 0 Å². The molecule has 0 aliphatic carbocycles. The van der Waals surface area contributed by atoms with E-state index >= 15 is 0 Å². The van der Waals surface area contributed by atoms with Crippen molar-refractivity contribution in [3.8, 4) is 0 Å². The van der Waals surface area contributed by atoms with E-state index in [1.54, 1.807) is 12.1 Å². The molecule has 1 aromatic rings. The summed E-state index contributed by atoms with van der Waals surface area (Å²) < 4.78 is 5.65. The van der Waals surface area contributed by atoms with E-state index in [1.165, 1.54) is 6.07 Å². The van der Waals surface area contributed by atoms with E-state index in [4.69, 9.17) is 4.74 Å². The number of piperidine rings is 1. The highest BCUT2D eigenvalue weighted by Gasteiger charge is 2.20. The number of nitrogens with zero attached hydrogens (tertiary/aromatic N) is 2. The van der Waals surface area contributed by atoms with Crippen molar-refractivity contribution in [1.29, 1.82) is 0 Å². The first-order chi connectivity index (χ1) is 10.1. The summed E-state index contributed by atoms with van der Waals surface area (Å²) in [5.74, 6) is 0. The van der Waals surface area contributed by atoms with Gasteiger partial charge < -0.3 is 10.1 Å². The van der Waals surface area contributed by atoms with Gasteiger partial charge in [-0.2, -0.15) is 0 Å². The SMILES string of the molecule is CCOC1CCN(Cc2cc([N+](=O)[O-])ccc2NC)CC1. The van der Waals surface area contributed by atoms with Gasteiger partial charge in [-0.1, -0.05) is 0 Å². The van der Waals surface area contributed by atoms with Crippen molar-refractivity contribution < 1.29 is 9.66 Å². The van der Waals surface area contributed by atoms with Crippen molar-refractivity contribution in [1.82, 2.24) is 4.90 Å². The van der Waals surface area contributed by atoms with Crippen LogP contribution in [0.25, 0.3) is 0 Å². The van der Waals surface area contributed by atoms with Crippen LogP contribution < -0.4 is 5.32 Å². The van der Waals surface area contributed by atoms with E-state index in [0.717, 1.165) is 50.3 Å². The number of ether oxygens (including phenoxy) is 1. The first-order valence-electron chi connectivity index (χ1n) is 7.43. The smallest absolute Gasteiger partial charge is 0.269 e. The Bertz CT molecular complexity index is 485. The molecule has 1 aliphatic heterocycles. The van der Waals surface area contributed by atoms with Crippen molar-refractivity contribution >= 4 is 11.4 Å². The molecule has 0 radical (unpaired) electrons. The summed E-state index contributed by atoms with van der Waals surface area (Å²) in [5.41, 5.74) is 2.07. The van der Waals surface area contributed by atoms with Crippen LogP contribution in [0.4, 0.5) is 11.4 Å². The molecule has 0 amide bonds.